The topological polar surface area (TPSA) is 29.5 Å². The number of amides is 1. The van der Waals surface area contributed by atoms with Crippen molar-refractivity contribution in [1.82, 2.24) is 4.90 Å². The second-order valence-electron chi connectivity index (χ2n) is 6.22. The van der Waals surface area contributed by atoms with E-state index in [1.807, 2.05) is 59.5 Å². The van der Waals surface area contributed by atoms with E-state index >= 15 is 0 Å². The molecule has 0 aliphatic carbocycles. The van der Waals surface area contributed by atoms with Gasteiger partial charge < -0.3 is 9.64 Å². The van der Waals surface area contributed by atoms with Gasteiger partial charge in [-0.2, -0.15) is 0 Å². The van der Waals surface area contributed by atoms with Gasteiger partial charge in [0.25, 0.3) is 5.91 Å². The lowest BCUT2D eigenvalue weighted by Crippen LogP contribution is -2.30. The van der Waals surface area contributed by atoms with Crippen LogP contribution in [-0.2, 0) is 0 Å². The molecule has 3 aromatic rings. The molecular weight excluding hydrogens is 361 g/mol. The van der Waals surface area contributed by atoms with Crippen molar-refractivity contribution in [2.24, 2.45) is 0 Å². The Morgan fingerprint density at radius 1 is 0.963 bits per heavy atom. The molecule has 1 amide bonds. The van der Waals surface area contributed by atoms with Crippen molar-refractivity contribution < 1.29 is 13.9 Å². The van der Waals surface area contributed by atoms with Crippen LogP contribution >= 0.6 is 11.8 Å². The van der Waals surface area contributed by atoms with E-state index in [-0.39, 0.29) is 17.1 Å². The maximum Gasteiger partial charge on any atom is 0.255 e. The Morgan fingerprint density at radius 3 is 2.48 bits per heavy atom. The molecule has 136 valence electrons. The van der Waals surface area contributed by atoms with E-state index in [0.717, 1.165) is 22.8 Å². The highest BCUT2D eigenvalue weighted by Gasteiger charge is 2.31. The van der Waals surface area contributed by atoms with Crippen LogP contribution in [0.1, 0.15) is 21.3 Å². The van der Waals surface area contributed by atoms with Gasteiger partial charge in [-0.25, -0.2) is 4.39 Å². The fourth-order valence-electron chi connectivity index (χ4n) is 3.07. The van der Waals surface area contributed by atoms with Gasteiger partial charge >= 0.3 is 0 Å². The first-order valence-electron chi connectivity index (χ1n) is 8.72. The molecule has 3 aromatic carbocycles. The molecule has 27 heavy (non-hydrogen) atoms. The van der Waals surface area contributed by atoms with E-state index in [0.29, 0.717) is 12.1 Å². The van der Waals surface area contributed by atoms with Crippen LogP contribution in [0.3, 0.4) is 0 Å². The Kier molecular flexibility index (Phi) is 5.12. The van der Waals surface area contributed by atoms with Gasteiger partial charge in [-0.05, 0) is 54.1 Å². The quantitative estimate of drug-likeness (QED) is 0.599. The SMILES string of the molecule is O=C(c1ccc(F)cc1)N1CCSC1c1cccc(Oc2ccccc2)c1. The highest BCUT2D eigenvalue weighted by atomic mass is 32.2. The van der Waals surface area contributed by atoms with Crippen molar-refractivity contribution in [2.75, 3.05) is 12.3 Å². The normalized spacial score (nSPS) is 16.3. The molecule has 1 saturated heterocycles. The molecule has 1 atom stereocenters. The lowest BCUT2D eigenvalue weighted by Gasteiger charge is -2.24. The van der Waals surface area contributed by atoms with Gasteiger partial charge in [0, 0.05) is 17.9 Å². The summed E-state index contributed by atoms with van der Waals surface area (Å²) in [6.45, 7) is 0.662. The van der Waals surface area contributed by atoms with Crippen molar-refractivity contribution in [3.63, 3.8) is 0 Å². The maximum atomic E-state index is 13.1. The number of nitrogens with zero attached hydrogens (tertiary/aromatic N) is 1. The first-order valence-corrected chi connectivity index (χ1v) is 9.76. The van der Waals surface area contributed by atoms with Crippen LogP contribution in [0.2, 0.25) is 0 Å². The van der Waals surface area contributed by atoms with Crippen LogP contribution in [0.5, 0.6) is 11.5 Å². The second-order valence-corrected chi connectivity index (χ2v) is 7.40. The Labute approximate surface area is 161 Å². The molecule has 1 heterocycles. The molecule has 0 radical (unpaired) electrons. The van der Waals surface area contributed by atoms with Crippen molar-refractivity contribution in [1.29, 1.82) is 0 Å². The van der Waals surface area contributed by atoms with E-state index in [1.165, 1.54) is 24.3 Å². The lowest BCUT2D eigenvalue weighted by molar-refractivity contribution is 0.0760. The smallest absolute Gasteiger partial charge is 0.255 e. The number of hydrogen-bond donors (Lipinski definition) is 0. The average molecular weight is 379 g/mol. The molecule has 5 heteroatoms. The second kappa shape index (κ2) is 7.84. The number of para-hydroxylation sites is 1. The zero-order chi connectivity index (χ0) is 18.6. The molecule has 0 saturated carbocycles. The number of carbonyl (C=O) groups is 1. The number of thioether (sulfide) groups is 1. The van der Waals surface area contributed by atoms with E-state index in [9.17, 15) is 9.18 Å². The summed E-state index contributed by atoms with van der Waals surface area (Å²) in [4.78, 5) is 14.7. The zero-order valence-electron chi connectivity index (χ0n) is 14.5. The van der Waals surface area contributed by atoms with Gasteiger partial charge in [0.1, 0.15) is 22.7 Å². The van der Waals surface area contributed by atoms with Crippen LogP contribution < -0.4 is 4.74 Å². The Morgan fingerprint density at radius 2 is 1.70 bits per heavy atom. The van der Waals surface area contributed by atoms with Crippen molar-refractivity contribution in [3.8, 4) is 11.5 Å². The molecule has 0 spiro atoms. The third-order valence-corrected chi connectivity index (χ3v) is 5.63. The highest BCUT2D eigenvalue weighted by molar-refractivity contribution is 7.99. The Hall–Kier alpha value is -2.79. The maximum absolute atomic E-state index is 13.1. The lowest BCUT2D eigenvalue weighted by atomic mass is 10.1. The molecule has 1 aliphatic heterocycles. The highest BCUT2D eigenvalue weighted by Crippen LogP contribution is 2.40. The van der Waals surface area contributed by atoms with Crippen LogP contribution in [0.25, 0.3) is 0 Å². The summed E-state index contributed by atoms with van der Waals surface area (Å²) in [5.74, 6) is 1.94. The Balaban J connectivity index is 1.56. The Bertz CT molecular complexity index is 931. The number of benzene rings is 3. The number of halogens is 1. The summed E-state index contributed by atoms with van der Waals surface area (Å²) in [6, 6.07) is 23.1. The average Bonchev–Trinajstić information content (AvgIpc) is 3.19. The first-order chi connectivity index (χ1) is 13.2. The van der Waals surface area contributed by atoms with E-state index in [2.05, 4.69) is 0 Å². The van der Waals surface area contributed by atoms with Gasteiger partial charge in [-0.3, -0.25) is 4.79 Å². The van der Waals surface area contributed by atoms with Crippen LogP contribution in [-0.4, -0.2) is 23.1 Å². The van der Waals surface area contributed by atoms with Crippen LogP contribution in [0, 0.1) is 5.82 Å². The zero-order valence-corrected chi connectivity index (χ0v) is 15.4. The largest absolute Gasteiger partial charge is 0.457 e. The summed E-state index contributed by atoms with van der Waals surface area (Å²) < 4.78 is 19.1. The molecule has 1 aliphatic rings. The third kappa shape index (κ3) is 3.98. The molecule has 1 fully saturated rings. The summed E-state index contributed by atoms with van der Waals surface area (Å²) in [7, 11) is 0. The fraction of sp³-hybridized carbons (Fsp3) is 0.136. The van der Waals surface area contributed by atoms with Crippen molar-refractivity contribution >= 4 is 17.7 Å². The van der Waals surface area contributed by atoms with Crippen LogP contribution in [0.15, 0.2) is 78.9 Å². The third-order valence-electron chi connectivity index (χ3n) is 4.37. The van der Waals surface area contributed by atoms with Gasteiger partial charge in [-0.15, -0.1) is 11.8 Å². The minimum Gasteiger partial charge on any atom is -0.457 e. The molecule has 0 N–H and O–H groups in total. The monoisotopic (exact) mass is 379 g/mol. The number of rotatable bonds is 4. The number of hydrogen-bond acceptors (Lipinski definition) is 3. The predicted octanol–water partition coefficient (Wildman–Crippen LogP) is 5.51. The van der Waals surface area contributed by atoms with Gasteiger partial charge in [-0.1, -0.05) is 30.3 Å². The molecule has 1 unspecified atom stereocenters. The summed E-state index contributed by atoms with van der Waals surface area (Å²) >= 11 is 1.72. The number of carbonyl (C=O) groups excluding carboxylic acids is 1. The molecule has 0 aromatic heterocycles. The van der Waals surface area contributed by atoms with E-state index in [1.54, 1.807) is 11.8 Å². The molecular formula is C22H18FNO2S. The van der Waals surface area contributed by atoms with Crippen molar-refractivity contribution in [2.45, 2.75) is 5.37 Å². The minimum atomic E-state index is -0.343. The molecule has 0 bridgehead atoms. The predicted molar refractivity (Wildman–Crippen MR) is 106 cm³/mol. The first kappa shape index (κ1) is 17.6. The minimum absolute atomic E-state index is 0.0816. The molecule has 3 nitrogen and oxygen atoms in total. The van der Waals surface area contributed by atoms with Crippen LogP contribution in [0.4, 0.5) is 4.39 Å². The molecule has 4 rings (SSSR count). The van der Waals surface area contributed by atoms with E-state index in [4.69, 9.17) is 4.74 Å². The fourth-order valence-corrected chi connectivity index (χ4v) is 4.31. The van der Waals surface area contributed by atoms with Gasteiger partial charge in [0.2, 0.25) is 0 Å². The summed E-state index contributed by atoms with van der Waals surface area (Å²) in [5.41, 5.74) is 1.52. The summed E-state index contributed by atoms with van der Waals surface area (Å²) in [6.07, 6.45) is 0. The van der Waals surface area contributed by atoms with E-state index < -0.39 is 0 Å². The standard InChI is InChI=1S/C22H18FNO2S/c23-18-11-9-16(10-12-18)21(25)24-13-14-27-22(24)17-5-4-8-20(15-17)26-19-6-2-1-3-7-19/h1-12,15,22H,13-14H2. The number of ether oxygens (including phenoxy) is 1. The van der Waals surface area contributed by atoms with Gasteiger partial charge in [0.05, 0.1) is 0 Å². The van der Waals surface area contributed by atoms with Crippen molar-refractivity contribution in [3.05, 3.63) is 95.8 Å². The summed E-state index contributed by atoms with van der Waals surface area (Å²) in [5, 5.41) is -0.0816. The van der Waals surface area contributed by atoms with Gasteiger partial charge in [0.15, 0.2) is 0 Å².